The van der Waals surface area contributed by atoms with Gasteiger partial charge in [0.2, 0.25) is 0 Å². The largest absolute Gasteiger partial charge is 0.375 e. The number of piperidine rings is 1. The van der Waals surface area contributed by atoms with Crippen LogP contribution in [0.3, 0.4) is 0 Å². The third-order valence-corrected chi connectivity index (χ3v) is 7.46. The smallest absolute Gasteiger partial charge is 0.113 e. The fraction of sp³-hybridized carbons (Fsp3) is 0.306. The van der Waals surface area contributed by atoms with Gasteiger partial charge in [-0.15, -0.1) is 0 Å². The van der Waals surface area contributed by atoms with Gasteiger partial charge in [0, 0.05) is 19.1 Å². The van der Waals surface area contributed by atoms with E-state index < -0.39 is 0 Å². The Labute approximate surface area is 244 Å². The summed E-state index contributed by atoms with van der Waals surface area (Å²) < 4.78 is 25.9. The lowest BCUT2D eigenvalue weighted by Crippen LogP contribution is -2.62. The summed E-state index contributed by atoms with van der Waals surface area (Å²) in [6, 6.07) is 40.9. The summed E-state index contributed by atoms with van der Waals surface area (Å²) in [4.78, 5) is 2.32. The average molecular weight is 551 g/mol. The molecule has 0 bridgehead atoms. The van der Waals surface area contributed by atoms with Gasteiger partial charge >= 0.3 is 0 Å². The first-order chi connectivity index (χ1) is 20.3. The molecule has 1 aliphatic heterocycles. The van der Waals surface area contributed by atoms with Crippen molar-refractivity contribution < 1.29 is 18.9 Å². The molecule has 0 N–H and O–H groups in total. The van der Waals surface area contributed by atoms with E-state index in [0.29, 0.717) is 39.6 Å². The number of hydrogen-bond acceptors (Lipinski definition) is 5. The molecular weight excluding hydrogens is 510 g/mol. The summed E-state index contributed by atoms with van der Waals surface area (Å²) in [6.45, 7) is 8.62. The van der Waals surface area contributed by atoms with Gasteiger partial charge in [-0.05, 0) is 29.2 Å². The minimum atomic E-state index is -0.289. The molecular formula is C36H40NO4. The third-order valence-electron chi connectivity index (χ3n) is 7.46. The van der Waals surface area contributed by atoms with E-state index in [1.165, 1.54) is 5.56 Å². The molecule has 0 aliphatic carbocycles. The zero-order valence-electron chi connectivity index (χ0n) is 23.6. The van der Waals surface area contributed by atoms with Gasteiger partial charge in [0.05, 0.1) is 39.1 Å². The molecule has 1 aliphatic rings. The lowest BCUT2D eigenvalue weighted by Gasteiger charge is -2.47. The first-order valence-electron chi connectivity index (χ1n) is 14.4. The number of rotatable bonds is 14. The summed E-state index contributed by atoms with van der Waals surface area (Å²) in [7, 11) is 0. The molecule has 5 rings (SSSR count). The van der Waals surface area contributed by atoms with E-state index >= 15 is 0 Å². The Morgan fingerprint density at radius 1 is 0.537 bits per heavy atom. The summed E-state index contributed by atoms with van der Waals surface area (Å²) >= 11 is 0. The lowest BCUT2D eigenvalue weighted by molar-refractivity contribution is -0.198. The second-order valence-corrected chi connectivity index (χ2v) is 10.5. The zero-order chi connectivity index (χ0) is 28.1. The molecule has 5 heteroatoms. The molecule has 1 fully saturated rings. The van der Waals surface area contributed by atoms with E-state index in [4.69, 9.17) is 18.9 Å². The third kappa shape index (κ3) is 8.83. The van der Waals surface area contributed by atoms with Crippen LogP contribution < -0.4 is 0 Å². The van der Waals surface area contributed by atoms with E-state index in [-0.39, 0.29) is 24.4 Å². The Hall–Kier alpha value is -3.32. The van der Waals surface area contributed by atoms with Crippen molar-refractivity contribution in [1.82, 2.24) is 4.90 Å². The quantitative estimate of drug-likeness (QED) is 0.168. The van der Waals surface area contributed by atoms with Crippen LogP contribution >= 0.6 is 0 Å². The molecule has 1 radical (unpaired) electrons. The molecule has 0 saturated carbocycles. The van der Waals surface area contributed by atoms with E-state index in [1.807, 2.05) is 72.8 Å². The SMILES string of the molecule is [CH2][C@H]1[C@@H](OCc2ccccc2)[C@H](OCc2ccccc2)[C@@H](OCc2ccccc2)CN1CCOCc1ccccc1. The molecule has 0 unspecified atom stereocenters. The maximum absolute atomic E-state index is 6.63. The molecule has 0 amide bonds. The van der Waals surface area contributed by atoms with Crippen molar-refractivity contribution >= 4 is 0 Å². The lowest BCUT2D eigenvalue weighted by atomic mass is 9.94. The van der Waals surface area contributed by atoms with E-state index in [1.54, 1.807) is 0 Å². The average Bonchev–Trinajstić information content (AvgIpc) is 3.03. The number of hydrogen-bond donors (Lipinski definition) is 0. The summed E-state index contributed by atoms with van der Waals surface area (Å²) in [5, 5.41) is 0. The molecule has 0 aromatic heterocycles. The Bertz CT molecular complexity index is 1260. The van der Waals surface area contributed by atoms with Crippen LogP contribution in [0.25, 0.3) is 0 Å². The first kappa shape index (κ1) is 29.2. The number of nitrogens with zero attached hydrogens (tertiary/aromatic N) is 1. The molecule has 4 aromatic carbocycles. The van der Waals surface area contributed by atoms with Gasteiger partial charge in [-0.25, -0.2) is 0 Å². The highest BCUT2D eigenvalue weighted by molar-refractivity contribution is 5.16. The van der Waals surface area contributed by atoms with Crippen LogP contribution in [0.2, 0.25) is 0 Å². The number of ether oxygens (including phenoxy) is 4. The van der Waals surface area contributed by atoms with Crippen LogP contribution in [0.4, 0.5) is 0 Å². The molecule has 213 valence electrons. The maximum Gasteiger partial charge on any atom is 0.113 e. The predicted octanol–water partition coefficient (Wildman–Crippen LogP) is 6.48. The van der Waals surface area contributed by atoms with Gasteiger partial charge in [0.25, 0.3) is 0 Å². The van der Waals surface area contributed by atoms with Crippen LogP contribution in [0.5, 0.6) is 0 Å². The van der Waals surface area contributed by atoms with E-state index in [9.17, 15) is 0 Å². The van der Waals surface area contributed by atoms with Gasteiger partial charge < -0.3 is 18.9 Å². The van der Waals surface area contributed by atoms with Gasteiger partial charge in [-0.1, -0.05) is 121 Å². The first-order valence-corrected chi connectivity index (χ1v) is 14.4. The highest BCUT2D eigenvalue weighted by atomic mass is 16.6. The van der Waals surface area contributed by atoms with Crippen LogP contribution in [0.1, 0.15) is 22.3 Å². The summed E-state index contributed by atoms with van der Waals surface area (Å²) in [5.74, 6) is 0. The van der Waals surface area contributed by atoms with Gasteiger partial charge in [0.1, 0.15) is 12.2 Å². The summed E-state index contributed by atoms with van der Waals surface area (Å²) in [6.07, 6.45) is -0.777. The van der Waals surface area contributed by atoms with Crippen LogP contribution in [-0.4, -0.2) is 49.0 Å². The van der Waals surface area contributed by atoms with Crippen LogP contribution in [-0.2, 0) is 45.4 Å². The molecule has 1 heterocycles. The van der Waals surface area contributed by atoms with Crippen molar-refractivity contribution in [3.63, 3.8) is 0 Å². The van der Waals surface area contributed by atoms with Crippen molar-refractivity contribution in [2.75, 3.05) is 19.7 Å². The van der Waals surface area contributed by atoms with Crippen LogP contribution in [0, 0.1) is 6.92 Å². The maximum atomic E-state index is 6.63. The minimum Gasteiger partial charge on any atom is -0.375 e. The Kier molecular flexibility index (Phi) is 11.1. The zero-order valence-corrected chi connectivity index (χ0v) is 23.6. The highest BCUT2D eigenvalue weighted by Gasteiger charge is 2.44. The normalized spacial score (nSPS) is 21.1. The fourth-order valence-electron chi connectivity index (χ4n) is 5.18. The van der Waals surface area contributed by atoms with Crippen molar-refractivity contribution in [3.05, 3.63) is 151 Å². The molecule has 41 heavy (non-hydrogen) atoms. The van der Waals surface area contributed by atoms with Gasteiger partial charge in [0.15, 0.2) is 0 Å². The van der Waals surface area contributed by atoms with Crippen molar-refractivity contribution in [1.29, 1.82) is 0 Å². The monoisotopic (exact) mass is 550 g/mol. The number of benzene rings is 4. The van der Waals surface area contributed by atoms with E-state index in [2.05, 4.69) is 60.4 Å². The predicted molar refractivity (Wildman–Crippen MR) is 162 cm³/mol. The van der Waals surface area contributed by atoms with Crippen LogP contribution in [0.15, 0.2) is 121 Å². The Morgan fingerprint density at radius 2 is 0.951 bits per heavy atom. The fourth-order valence-corrected chi connectivity index (χ4v) is 5.18. The standard InChI is InChI=1S/C36H40NO4/c1-29-35(40-27-32-18-10-4-11-19-32)36(41-28-33-20-12-5-13-21-33)34(39-26-31-16-8-3-9-17-31)24-37(29)22-23-38-25-30-14-6-2-7-15-30/h2-21,29,34-36H,1,22-28H2/t29-,34-,35+,36+/m0/s1. The molecule has 4 atom stereocenters. The second-order valence-electron chi connectivity index (χ2n) is 10.5. The second kappa shape index (κ2) is 15.6. The molecule has 0 spiro atoms. The minimum absolute atomic E-state index is 0.128. The number of likely N-dealkylation sites (tertiary alicyclic amines) is 1. The molecule has 5 nitrogen and oxygen atoms in total. The van der Waals surface area contributed by atoms with Gasteiger partial charge in [-0.3, -0.25) is 4.90 Å². The molecule has 1 saturated heterocycles. The van der Waals surface area contributed by atoms with Crippen molar-refractivity contribution in [3.8, 4) is 0 Å². The summed E-state index contributed by atoms with van der Waals surface area (Å²) in [5.41, 5.74) is 4.53. The Morgan fingerprint density at radius 3 is 1.44 bits per heavy atom. The van der Waals surface area contributed by atoms with Gasteiger partial charge in [-0.2, -0.15) is 0 Å². The Balaban J connectivity index is 1.31. The molecule has 4 aromatic rings. The highest BCUT2D eigenvalue weighted by Crippen LogP contribution is 2.28. The van der Waals surface area contributed by atoms with Crippen molar-refractivity contribution in [2.45, 2.75) is 50.8 Å². The van der Waals surface area contributed by atoms with Crippen molar-refractivity contribution in [2.24, 2.45) is 0 Å². The topological polar surface area (TPSA) is 40.2 Å². The van der Waals surface area contributed by atoms with E-state index in [0.717, 1.165) is 23.2 Å².